The van der Waals surface area contributed by atoms with Gasteiger partial charge in [0.2, 0.25) is 11.8 Å². The SMILES string of the molecule is CN(CCO)C(=O)C[C@H]1C(=O)NCCN1Cc1cccc(F)c1F. The normalized spacial score (nSPS) is 18.3. The van der Waals surface area contributed by atoms with Gasteiger partial charge in [0.05, 0.1) is 19.1 Å². The van der Waals surface area contributed by atoms with E-state index in [0.29, 0.717) is 13.1 Å². The number of nitrogens with one attached hydrogen (secondary N) is 1. The molecule has 1 aliphatic heterocycles. The van der Waals surface area contributed by atoms with Gasteiger partial charge in [0.25, 0.3) is 0 Å². The molecule has 0 unspecified atom stereocenters. The summed E-state index contributed by atoms with van der Waals surface area (Å²) in [6.07, 6.45) is -0.0841. The van der Waals surface area contributed by atoms with Crippen LogP contribution in [0.5, 0.6) is 0 Å². The van der Waals surface area contributed by atoms with Crippen molar-refractivity contribution < 1.29 is 23.5 Å². The highest BCUT2D eigenvalue weighted by molar-refractivity contribution is 5.88. The van der Waals surface area contributed by atoms with Crippen molar-refractivity contribution in [3.8, 4) is 0 Å². The van der Waals surface area contributed by atoms with Crippen LogP contribution in [-0.4, -0.2) is 66.1 Å². The van der Waals surface area contributed by atoms with Gasteiger partial charge in [-0.25, -0.2) is 8.78 Å². The summed E-state index contributed by atoms with van der Waals surface area (Å²) >= 11 is 0. The molecule has 8 heteroatoms. The molecule has 24 heavy (non-hydrogen) atoms. The van der Waals surface area contributed by atoms with E-state index in [1.165, 1.54) is 24.1 Å². The Morgan fingerprint density at radius 2 is 2.21 bits per heavy atom. The minimum atomic E-state index is -0.940. The zero-order valence-electron chi connectivity index (χ0n) is 13.5. The molecule has 1 aromatic carbocycles. The average Bonchev–Trinajstić information content (AvgIpc) is 2.55. The van der Waals surface area contributed by atoms with Gasteiger partial charge in [0.1, 0.15) is 0 Å². The molecule has 1 saturated heterocycles. The van der Waals surface area contributed by atoms with Crippen LogP contribution < -0.4 is 5.32 Å². The van der Waals surface area contributed by atoms with Gasteiger partial charge in [0.15, 0.2) is 11.6 Å². The molecule has 1 aliphatic rings. The summed E-state index contributed by atoms with van der Waals surface area (Å²) in [5.41, 5.74) is 0.144. The topological polar surface area (TPSA) is 72.9 Å². The molecule has 0 aromatic heterocycles. The smallest absolute Gasteiger partial charge is 0.237 e. The van der Waals surface area contributed by atoms with Crippen molar-refractivity contribution in [2.75, 3.05) is 33.3 Å². The van der Waals surface area contributed by atoms with Gasteiger partial charge in [0, 0.05) is 38.8 Å². The number of benzene rings is 1. The third-order valence-corrected chi connectivity index (χ3v) is 4.08. The maximum Gasteiger partial charge on any atom is 0.237 e. The molecule has 0 saturated carbocycles. The summed E-state index contributed by atoms with van der Waals surface area (Å²) in [5, 5.41) is 11.6. The molecule has 0 aliphatic carbocycles. The predicted octanol–water partition coefficient (Wildman–Crippen LogP) is 0.106. The van der Waals surface area contributed by atoms with E-state index >= 15 is 0 Å². The number of carbonyl (C=O) groups excluding carboxylic acids is 2. The van der Waals surface area contributed by atoms with Gasteiger partial charge in [-0.3, -0.25) is 14.5 Å². The summed E-state index contributed by atoms with van der Waals surface area (Å²) in [6.45, 7) is 0.859. The number of nitrogens with zero attached hydrogens (tertiary/aromatic N) is 2. The average molecular weight is 341 g/mol. The summed E-state index contributed by atoms with van der Waals surface area (Å²) in [4.78, 5) is 27.3. The minimum absolute atomic E-state index is 0.0404. The first-order valence-electron chi connectivity index (χ1n) is 7.73. The number of aliphatic hydroxyl groups excluding tert-OH is 1. The van der Waals surface area contributed by atoms with E-state index in [1.54, 1.807) is 4.90 Å². The fraction of sp³-hybridized carbons (Fsp3) is 0.500. The zero-order valence-corrected chi connectivity index (χ0v) is 13.5. The molecule has 1 aromatic rings. The first-order chi connectivity index (χ1) is 11.4. The highest BCUT2D eigenvalue weighted by Crippen LogP contribution is 2.18. The summed E-state index contributed by atoms with van der Waals surface area (Å²) in [7, 11) is 1.54. The largest absolute Gasteiger partial charge is 0.395 e. The number of likely N-dealkylation sites (N-methyl/N-ethyl adjacent to an activating group) is 1. The number of aliphatic hydroxyl groups is 1. The monoisotopic (exact) mass is 341 g/mol. The molecule has 132 valence electrons. The van der Waals surface area contributed by atoms with Crippen LogP contribution in [0.2, 0.25) is 0 Å². The number of amides is 2. The maximum atomic E-state index is 13.9. The van der Waals surface area contributed by atoms with Crippen LogP contribution in [0, 0.1) is 11.6 Å². The molecular formula is C16H21F2N3O3. The van der Waals surface area contributed by atoms with Gasteiger partial charge in [-0.2, -0.15) is 0 Å². The third-order valence-electron chi connectivity index (χ3n) is 4.08. The van der Waals surface area contributed by atoms with Crippen LogP contribution in [0.25, 0.3) is 0 Å². The molecule has 6 nitrogen and oxygen atoms in total. The van der Waals surface area contributed by atoms with Crippen molar-refractivity contribution in [1.82, 2.24) is 15.1 Å². The molecule has 1 heterocycles. The van der Waals surface area contributed by atoms with Crippen LogP contribution in [0.4, 0.5) is 8.78 Å². The van der Waals surface area contributed by atoms with Gasteiger partial charge in [-0.1, -0.05) is 12.1 Å². The highest BCUT2D eigenvalue weighted by Gasteiger charge is 2.32. The Labute approximate surface area is 139 Å². The second-order valence-electron chi connectivity index (χ2n) is 5.73. The second kappa shape index (κ2) is 8.16. The number of rotatable bonds is 6. The number of halogens is 2. The molecule has 0 spiro atoms. The first kappa shape index (κ1) is 18.3. The highest BCUT2D eigenvalue weighted by atomic mass is 19.2. The lowest BCUT2D eigenvalue weighted by atomic mass is 10.1. The lowest BCUT2D eigenvalue weighted by Gasteiger charge is -2.35. The molecule has 2 amide bonds. The Morgan fingerprint density at radius 1 is 1.46 bits per heavy atom. The van der Waals surface area contributed by atoms with Gasteiger partial charge in [-0.15, -0.1) is 0 Å². The Morgan fingerprint density at radius 3 is 2.92 bits per heavy atom. The van der Waals surface area contributed by atoms with Gasteiger partial charge in [-0.05, 0) is 6.07 Å². The maximum absolute atomic E-state index is 13.9. The minimum Gasteiger partial charge on any atom is -0.395 e. The molecule has 2 N–H and O–H groups in total. The van der Waals surface area contributed by atoms with Crippen molar-refractivity contribution in [2.45, 2.75) is 19.0 Å². The van der Waals surface area contributed by atoms with E-state index in [1.807, 2.05) is 0 Å². The van der Waals surface area contributed by atoms with Crippen molar-refractivity contribution in [2.24, 2.45) is 0 Å². The predicted molar refractivity (Wildman–Crippen MR) is 82.9 cm³/mol. The number of hydrogen-bond donors (Lipinski definition) is 2. The first-order valence-corrected chi connectivity index (χ1v) is 7.73. The number of hydrogen-bond acceptors (Lipinski definition) is 4. The quantitative estimate of drug-likeness (QED) is 0.770. The van der Waals surface area contributed by atoms with Crippen molar-refractivity contribution >= 4 is 11.8 Å². The van der Waals surface area contributed by atoms with Crippen LogP contribution in [0.3, 0.4) is 0 Å². The van der Waals surface area contributed by atoms with E-state index in [2.05, 4.69) is 5.32 Å². The summed E-state index contributed by atoms with van der Waals surface area (Å²) < 4.78 is 27.2. The van der Waals surface area contributed by atoms with Crippen LogP contribution >= 0.6 is 0 Å². The Kier molecular flexibility index (Phi) is 6.22. The lowest BCUT2D eigenvalue weighted by Crippen LogP contribution is -2.56. The molecular weight excluding hydrogens is 320 g/mol. The fourth-order valence-electron chi connectivity index (χ4n) is 2.66. The third kappa shape index (κ3) is 4.27. The van der Waals surface area contributed by atoms with Crippen LogP contribution in [-0.2, 0) is 16.1 Å². The molecule has 0 bridgehead atoms. The fourth-order valence-corrected chi connectivity index (χ4v) is 2.66. The van der Waals surface area contributed by atoms with Crippen LogP contribution in [0.15, 0.2) is 18.2 Å². The molecule has 0 radical (unpaired) electrons. The van der Waals surface area contributed by atoms with Crippen molar-refractivity contribution in [3.05, 3.63) is 35.4 Å². The van der Waals surface area contributed by atoms with E-state index < -0.39 is 17.7 Å². The van der Waals surface area contributed by atoms with Crippen molar-refractivity contribution in [1.29, 1.82) is 0 Å². The molecule has 2 rings (SSSR count). The van der Waals surface area contributed by atoms with E-state index in [9.17, 15) is 18.4 Å². The van der Waals surface area contributed by atoms with E-state index in [0.717, 1.165) is 6.07 Å². The van der Waals surface area contributed by atoms with Crippen LogP contribution in [0.1, 0.15) is 12.0 Å². The Bertz CT molecular complexity index is 612. The molecule has 1 fully saturated rings. The summed E-state index contributed by atoms with van der Waals surface area (Å²) in [5.74, 6) is -2.49. The summed E-state index contributed by atoms with van der Waals surface area (Å²) in [6, 6.07) is 3.15. The Balaban J connectivity index is 2.12. The second-order valence-corrected chi connectivity index (χ2v) is 5.73. The molecule has 1 atom stereocenters. The van der Waals surface area contributed by atoms with Crippen molar-refractivity contribution in [3.63, 3.8) is 0 Å². The standard InChI is InChI=1S/C16H21F2N3O3/c1-20(7-8-22)14(23)9-13-16(24)19-5-6-21(13)10-11-3-2-4-12(17)15(11)18/h2-4,13,22H,5-10H2,1H3,(H,19,24)/t13-/m0/s1. The van der Waals surface area contributed by atoms with Gasteiger partial charge >= 0.3 is 0 Å². The van der Waals surface area contributed by atoms with Gasteiger partial charge < -0.3 is 15.3 Å². The number of piperazine rings is 1. The number of carbonyl (C=O) groups is 2. The Hall–Kier alpha value is -2.06. The van der Waals surface area contributed by atoms with E-state index in [4.69, 9.17) is 5.11 Å². The van der Waals surface area contributed by atoms with E-state index in [-0.39, 0.29) is 43.5 Å². The zero-order chi connectivity index (χ0) is 17.7. The lowest BCUT2D eigenvalue weighted by molar-refractivity contribution is -0.138.